The molecule has 0 radical (unpaired) electrons. The van der Waals surface area contributed by atoms with Crippen molar-refractivity contribution in [3.8, 4) is 0 Å². The number of anilines is 1. The van der Waals surface area contributed by atoms with E-state index >= 15 is 0 Å². The van der Waals surface area contributed by atoms with Gasteiger partial charge in [0.25, 0.3) is 0 Å². The summed E-state index contributed by atoms with van der Waals surface area (Å²) in [4.78, 5) is 35.5. The van der Waals surface area contributed by atoms with Crippen molar-refractivity contribution < 1.29 is 14.4 Å². The number of carbonyl (C=O) groups is 3. The van der Waals surface area contributed by atoms with Gasteiger partial charge in [0, 0.05) is 19.3 Å². The quantitative estimate of drug-likeness (QED) is 0.790. The molecule has 1 N–H and O–H groups in total. The molecule has 108 valence electrons. The maximum Gasteiger partial charge on any atom is 0.246 e. The predicted molar refractivity (Wildman–Crippen MR) is 73.1 cm³/mol. The molecular formula is C12H16N4O3S. The second kappa shape index (κ2) is 6.56. The van der Waals surface area contributed by atoms with Crippen LogP contribution in [0.2, 0.25) is 0 Å². The molecule has 2 rings (SSSR count). The Morgan fingerprint density at radius 3 is 2.65 bits per heavy atom. The second-order valence-corrected chi connectivity index (χ2v) is 5.59. The molecule has 0 saturated carbocycles. The molecule has 0 aromatic carbocycles. The molecule has 1 aliphatic heterocycles. The number of aromatic nitrogens is 2. The lowest BCUT2D eigenvalue weighted by Gasteiger charge is -2.11. The van der Waals surface area contributed by atoms with Crippen LogP contribution < -0.4 is 5.32 Å². The summed E-state index contributed by atoms with van der Waals surface area (Å²) >= 11 is 1.32. The molecular weight excluding hydrogens is 280 g/mol. The number of nitrogens with one attached hydrogen (secondary N) is 1. The highest BCUT2D eigenvalue weighted by Gasteiger charge is 2.30. The summed E-state index contributed by atoms with van der Waals surface area (Å²) in [6.45, 7) is 1.84. The number of aryl methyl sites for hydroxylation is 1. The van der Waals surface area contributed by atoms with E-state index in [2.05, 4.69) is 22.4 Å². The van der Waals surface area contributed by atoms with Crippen LogP contribution in [0.3, 0.4) is 0 Å². The summed E-state index contributed by atoms with van der Waals surface area (Å²) in [5.74, 6) is -1.02. The summed E-state index contributed by atoms with van der Waals surface area (Å²) in [5, 5.41) is 11.7. The molecule has 0 bridgehead atoms. The van der Waals surface area contributed by atoms with Gasteiger partial charge in [-0.1, -0.05) is 24.7 Å². The van der Waals surface area contributed by atoms with Gasteiger partial charge in [0.15, 0.2) is 0 Å². The Labute approximate surface area is 120 Å². The highest BCUT2D eigenvalue weighted by Crippen LogP contribution is 2.17. The number of amides is 3. The first-order valence-corrected chi connectivity index (χ1v) is 7.37. The molecule has 20 heavy (non-hydrogen) atoms. The average Bonchev–Trinajstić information content (AvgIpc) is 2.98. The van der Waals surface area contributed by atoms with Crippen molar-refractivity contribution in [3.05, 3.63) is 5.01 Å². The normalized spacial score (nSPS) is 14.9. The van der Waals surface area contributed by atoms with E-state index in [1.807, 2.05) is 0 Å². The van der Waals surface area contributed by atoms with E-state index in [1.54, 1.807) is 0 Å². The van der Waals surface area contributed by atoms with E-state index in [-0.39, 0.29) is 31.2 Å². The number of carbonyl (C=O) groups excluding carboxylic acids is 3. The number of nitrogens with zero attached hydrogens (tertiary/aromatic N) is 3. The first kappa shape index (κ1) is 14.6. The van der Waals surface area contributed by atoms with Crippen molar-refractivity contribution in [2.24, 2.45) is 0 Å². The van der Waals surface area contributed by atoms with Crippen LogP contribution >= 0.6 is 11.3 Å². The van der Waals surface area contributed by atoms with Crippen LogP contribution in [0.4, 0.5) is 5.13 Å². The van der Waals surface area contributed by atoms with Gasteiger partial charge in [0.2, 0.25) is 22.9 Å². The van der Waals surface area contributed by atoms with E-state index in [0.29, 0.717) is 5.13 Å². The van der Waals surface area contributed by atoms with Crippen LogP contribution in [0.1, 0.15) is 37.6 Å². The molecule has 0 atom stereocenters. The smallest absolute Gasteiger partial charge is 0.246 e. The second-order valence-electron chi connectivity index (χ2n) is 4.53. The Morgan fingerprint density at radius 2 is 2.00 bits per heavy atom. The van der Waals surface area contributed by atoms with E-state index in [4.69, 9.17) is 0 Å². The molecule has 1 aromatic heterocycles. The Kier molecular flexibility index (Phi) is 4.78. The highest BCUT2D eigenvalue weighted by molar-refractivity contribution is 7.15. The lowest BCUT2D eigenvalue weighted by atomic mass is 10.3. The zero-order valence-corrected chi connectivity index (χ0v) is 12.0. The van der Waals surface area contributed by atoms with E-state index in [0.717, 1.165) is 29.2 Å². The Bertz CT molecular complexity index is 513. The first-order chi connectivity index (χ1) is 9.60. The Balaban J connectivity index is 1.86. The monoisotopic (exact) mass is 296 g/mol. The fraction of sp³-hybridized carbons (Fsp3) is 0.583. The summed E-state index contributed by atoms with van der Waals surface area (Å²) in [6.07, 6.45) is 3.31. The van der Waals surface area contributed by atoms with E-state index in [1.165, 1.54) is 11.3 Å². The molecule has 1 aliphatic rings. The van der Waals surface area contributed by atoms with Crippen molar-refractivity contribution in [3.63, 3.8) is 0 Å². The third kappa shape index (κ3) is 3.60. The third-order valence-corrected chi connectivity index (χ3v) is 3.81. The van der Waals surface area contributed by atoms with Gasteiger partial charge in [0.05, 0.1) is 0 Å². The van der Waals surface area contributed by atoms with Gasteiger partial charge in [-0.3, -0.25) is 24.6 Å². The molecule has 1 aromatic rings. The van der Waals surface area contributed by atoms with Crippen LogP contribution in [-0.2, 0) is 20.8 Å². The standard InChI is InChI=1S/C12H16N4O3S/c1-2-3-4-9-14-15-12(20-9)13-8(17)7-16-10(18)5-6-11(16)19/h2-7H2,1H3,(H,13,15,17). The van der Waals surface area contributed by atoms with E-state index < -0.39 is 5.91 Å². The van der Waals surface area contributed by atoms with Crippen LogP contribution in [-0.4, -0.2) is 39.4 Å². The van der Waals surface area contributed by atoms with Crippen molar-refractivity contribution >= 4 is 34.2 Å². The number of imide groups is 1. The van der Waals surface area contributed by atoms with Crippen molar-refractivity contribution in [1.82, 2.24) is 15.1 Å². The lowest BCUT2D eigenvalue weighted by molar-refractivity contribution is -0.141. The number of rotatable bonds is 6. The van der Waals surface area contributed by atoms with Gasteiger partial charge < -0.3 is 0 Å². The van der Waals surface area contributed by atoms with Crippen LogP contribution in [0.25, 0.3) is 0 Å². The minimum Gasteiger partial charge on any atom is -0.299 e. The zero-order chi connectivity index (χ0) is 14.5. The van der Waals surface area contributed by atoms with Crippen LogP contribution in [0, 0.1) is 0 Å². The SMILES string of the molecule is CCCCc1nnc(NC(=O)CN2C(=O)CCC2=O)s1. The molecule has 8 heteroatoms. The number of likely N-dealkylation sites (tertiary alicyclic amines) is 1. The highest BCUT2D eigenvalue weighted by atomic mass is 32.1. The molecule has 7 nitrogen and oxygen atoms in total. The largest absolute Gasteiger partial charge is 0.299 e. The van der Waals surface area contributed by atoms with Gasteiger partial charge in [0.1, 0.15) is 11.6 Å². The minimum absolute atomic E-state index is 0.187. The molecule has 0 spiro atoms. The summed E-state index contributed by atoms with van der Waals surface area (Å²) in [6, 6.07) is 0. The first-order valence-electron chi connectivity index (χ1n) is 6.55. The molecule has 2 heterocycles. The van der Waals surface area contributed by atoms with Crippen LogP contribution in [0.5, 0.6) is 0 Å². The molecule has 1 saturated heterocycles. The molecule has 1 fully saturated rings. The van der Waals surface area contributed by atoms with Gasteiger partial charge in [-0.05, 0) is 6.42 Å². The lowest BCUT2D eigenvalue weighted by Crippen LogP contribution is -2.36. The van der Waals surface area contributed by atoms with Crippen molar-refractivity contribution in [2.45, 2.75) is 39.0 Å². The van der Waals surface area contributed by atoms with Crippen molar-refractivity contribution in [1.29, 1.82) is 0 Å². The summed E-state index contributed by atoms with van der Waals surface area (Å²) in [7, 11) is 0. The predicted octanol–water partition coefficient (Wildman–Crippen LogP) is 0.968. The summed E-state index contributed by atoms with van der Waals surface area (Å²) < 4.78 is 0. The maximum atomic E-state index is 11.8. The van der Waals surface area contributed by atoms with Gasteiger partial charge in [-0.15, -0.1) is 10.2 Å². The Morgan fingerprint density at radius 1 is 1.30 bits per heavy atom. The van der Waals surface area contributed by atoms with Crippen molar-refractivity contribution in [2.75, 3.05) is 11.9 Å². The van der Waals surface area contributed by atoms with Gasteiger partial charge in [-0.2, -0.15) is 0 Å². The fourth-order valence-electron chi connectivity index (χ4n) is 1.83. The average molecular weight is 296 g/mol. The molecule has 3 amide bonds. The maximum absolute atomic E-state index is 11.8. The number of unbranched alkanes of at least 4 members (excludes halogenated alkanes) is 1. The molecule has 0 aliphatic carbocycles. The fourth-order valence-corrected chi connectivity index (χ4v) is 2.63. The Hall–Kier alpha value is -1.83. The van der Waals surface area contributed by atoms with Crippen LogP contribution in [0.15, 0.2) is 0 Å². The molecule has 0 unspecified atom stereocenters. The minimum atomic E-state index is -0.424. The van der Waals surface area contributed by atoms with Gasteiger partial charge >= 0.3 is 0 Å². The zero-order valence-electron chi connectivity index (χ0n) is 11.2. The van der Waals surface area contributed by atoms with E-state index in [9.17, 15) is 14.4 Å². The summed E-state index contributed by atoms with van der Waals surface area (Å²) in [5.41, 5.74) is 0. The third-order valence-electron chi connectivity index (χ3n) is 2.91. The van der Waals surface area contributed by atoms with Gasteiger partial charge in [-0.25, -0.2) is 0 Å². The number of hydrogen-bond donors (Lipinski definition) is 1. The topological polar surface area (TPSA) is 92.3 Å². The number of hydrogen-bond acceptors (Lipinski definition) is 6.